The SMILES string of the molecule is CC(C)CC1C(Cc2ccccc2)CCN1C(=O)CN1C(=O)C2CCCCN2C(=O)c2ccccc21. The first-order chi connectivity index (χ1) is 17.4. The topological polar surface area (TPSA) is 60.9 Å². The van der Waals surface area contributed by atoms with E-state index in [1.807, 2.05) is 29.2 Å². The number of amides is 3. The van der Waals surface area contributed by atoms with Crippen LogP contribution in [0.5, 0.6) is 0 Å². The fourth-order valence-electron chi connectivity index (χ4n) is 6.35. The van der Waals surface area contributed by atoms with Gasteiger partial charge in [0.05, 0.1) is 11.3 Å². The van der Waals surface area contributed by atoms with Crippen molar-refractivity contribution in [1.29, 1.82) is 0 Å². The minimum Gasteiger partial charge on any atom is -0.338 e. The molecule has 0 saturated carbocycles. The largest absolute Gasteiger partial charge is 0.338 e. The highest BCUT2D eigenvalue weighted by Gasteiger charge is 2.43. The highest BCUT2D eigenvalue weighted by atomic mass is 16.2. The van der Waals surface area contributed by atoms with Gasteiger partial charge in [-0.15, -0.1) is 0 Å². The van der Waals surface area contributed by atoms with Crippen LogP contribution in [0.3, 0.4) is 0 Å². The summed E-state index contributed by atoms with van der Waals surface area (Å²) in [5.41, 5.74) is 2.39. The van der Waals surface area contributed by atoms with Crippen LogP contribution in [0.4, 0.5) is 5.69 Å². The number of hydrogen-bond donors (Lipinski definition) is 0. The van der Waals surface area contributed by atoms with Crippen LogP contribution in [-0.4, -0.2) is 59.2 Å². The maximum absolute atomic E-state index is 13.8. The van der Waals surface area contributed by atoms with E-state index in [0.29, 0.717) is 42.6 Å². The molecule has 0 radical (unpaired) electrons. The second-order valence-electron chi connectivity index (χ2n) is 11.0. The Morgan fingerprint density at radius 1 is 0.944 bits per heavy atom. The predicted molar refractivity (Wildman–Crippen MR) is 141 cm³/mol. The van der Waals surface area contributed by atoms with Gasteiger partial charge in [-0.25, -0.2) is 0 Å². The second-order valence-corrected chi connectivity index (χ2v) is 11.0. The Morgan fingerprint density at radius 2 is 1.69 bits per heavy atom. The molecule has 2 saturated heterocycles. The number of benzene rings is 2. The third-order valence-corrected chi connectivity index (χ3v) is 8.09. The van der Waals surface area contributed by atoms with Crippen LogP contribution in [0.15, 0.2) is 54.6 Å². The number of nitrogens with zero attached hydrogens (tertiary/aromatic N) is 3. The Bertz CT molecular complexity index is 1120. The Morgan fingerprint density at radius 3 is 2.47 bits per heavy atom. The first-order valence-corrected chi connectivity index (χ1v) is 13.5. The smallest absolute Gasteiger partial charge is 0.256 e. The van der Waals surface area contributed by atoms with Crippen molar-refractivity contribution < 1.29 is 14.4 Å². The Labute approximate surface area is 214 Å². The maximum Gasteiger partial charge on any atom is 0.256 e. The summed E-state index contributed by atoms with van der Waals surface area (Å²) in [7, 11) is 0. The van der Waals surface area contributed by atoms with Crippen molar-refractivity contribution in [3.63, 3.8) is 0 Å². The van der Waals surface area contributed by atoms with Gasteiger partial charge in [0.2, 0.25) is 11.8 Å². The second kappa shape index (κ2) is 10.5. The Hall–Kier alpha value is -3.15. The zero-order valence-electron chi connectivity index (χ0n) is 21.4. The maximum atomic E-state index is 13.8. The fraction of sp³-hybridized carbons (Fsp3) is 0.500. The Balaban J connectivity index is 1.40. The summed E-state index contributed by atoms with van der Waals surface area (Å²) in [6, 6.07) is 17.4. The van der Waals surface area contributed by atoms with Gasteiger partial charge in [-0.1, -0.05) is 56.3 Å². The average molecular weight is 488 g/mol. The number of anilines is 1. The normalized spacial score (nSPS) is 24.1. The lowest BCUT2D eigenvalue weighted by molar-refractivity contribution is -0.133. The zero-order valence-corrected chi connectivity index (χ0v) is 21.4. The molecule has 2 fully saturated rings. The van der Waals surface area contributed by atoms with E-state index in [-0.39, 0.29) is 30.3 Å². The molecule has 6 nitrogen and oxygen atoms in total. The lowest BCUT2D eigenvalue weighted by Crippen LogP contribution is -2.53. The monoisotopic (exact) mass is 487 g/mol. The van der Waals surface area contributed by atoms with Gasteiger partial charge in [0.1, 0.15) is 12.6 Å². The number of fused-ring (bicyclic) bond motifs is 2. The quantitative estimate of drug-likeness (QED) is 0.601. The lowest BCUT2D eigenvalue weighted by Gasteiger charge is -2.35. The van der Waals surface area contributed by atoms with E-state index >= 15 is 0 Å². The third kappa shape index (κ3) is 4.78. The minimum atomic E-state index is -0.484. The highest BCUT2D eigenvalue weighted by Crippen LogP contribution is 2.34. The van der Waals surface area contributed by atoms with E-state index in [1.54, 1.807) is 15.9 Å². The van der Waals surface area contributed by atoms with Crippen molar-refractivity contribution in [3.05, 3.63) is 65.7 Å². The molecule has 0 bridgehead atoms. The van der Waals surface area contributed by atoms with Crippen LogP contribution < -0.4 is 4.90 Å². The first kappa shape index (κ1) is 24.5. The van der Waals surface area contributed by atoms with Gasteiger partial charge in [0.15, 0.2) is 0 Å². The molecule has 3 amide bonds. The van der Waals surface area contributed by atoms with Crippen LogP contribution in [-0.2, 0) is 16.0 Å². The van der Waals surface area contributed by atoms with Gasteiger partial charge in [-0.05, 0) is 68.1 Å². The Kier molecular flexibility index (Phi) is 7.13. The van der Waals surface area contributed by atoms with E-state index < -0.39 is 6.04 Å². The molecule has 2 aromatic carbocycles. The molecule has 3 atom stereocenters. The summed E-state index contributed by atoms with van der Waals surface area (Å²) >= 11 is 0. The van der Waals surface area contributed by atoms with Gasteiger partial charge in [-0.3, -0.25) is 14.4 Å². The number of rotatable bonds is 6. The molecule has 3 aliphatic rings. The molecule has 0 N–H and O–H groups in total. The molecule has 5 rings (SSSR count). The number of hydrogen-bond acceptors (Lipinski definition) is 3. The summed E-state index contributed by atoms with van der Waals surface area (Å²) in [4.78, 5) is 46.3. The number of carbonyl (C=O) groups is 3. The number of piperidine rings is 1. The molecule has 6 heteroatoms. The molecule has 0 spiro atoms. The standard InChI is InChI=1S/C30H37N3O3/c1-21(2)18-27-23(19-22-10-4-3-5-11-22)15-17-31(27)28(34)20-33-25-13-7-6-12-24(25)29(35)32-16-9-8-14-26(32)30(33)36/h3-7,10-13,21,23,26-27H,8-9,14-20H2,1-2H3. The number of para-hydroxylation sites is 1. The molecule has 36 heavy (non-hydrogen) atoms. The number of likely N-dealkylation sites (tertiary alicyclic amines) is 1. The lowest BCUT2D eigenvalue weighted by atomic mass is 9.87. The van der Waals surface area contributed by atoms with Gasteiger partial charge in [-0.2, -0.15) is 0 Å². The van der Waals surface area contributed by atoms with Crippen LogP contribution in [0.1, 0.15) is 61.9 Å². The van der Waals surface area contributed by atoms with Gasteiger partial charge in [0, 0.05) is 19.1 Å². The van der Waals surface area contributed by atoms with E-state index in [2.05, 4.69) is 38.1 Å². The average Bonchev–Trinajstić information content (AvgIpc) is 3.24. The van der Waals surface area contributed by atoms with Crippen molar-refractivity contribution in [2.75, 3.05) is 24.5 Å². The summed E-state index contributed by atoms with van der Waals surface area (Å²) < 4.78 is 0. The van der Waals surface area contributed by atoms with Crippen molar-refractivity contribution in [3.8, 4) is 0 Å². The summed E-state index contributed by atoms with van der Waals surface area (Å²) in [6.07, 6.45) is 5.35. The fourth-order valence-corrected chi connectivity index (χ4v) is 6.35. The minimum absolute atomic E-state index is 0.0138. The van der Waals surface area contributed by atoms with Crippen LogP contribution in [0.25, 0.3) is 0 Å². The molecule has 190 valence electrons. The van der Waals surface area contributed by atoms with Crippen molar-refractivity contribution in [1.82, 2.24) is 9.80 Å². The van der Waals surface area contributed by atoms with E-state index in [0.717, 1.165) is 32.1 Å². The summed E-state index contributed by atoms with van der Waals surface area (Å²) in [6.45, 7) is 5.71. The number of carbonyl (C=O) groups excluding carboxylic acids is 3. The molecule has 3 unspecified atom stereocenters. The molecule has 3 heterocycles. The zero-order chi connectivity index (χ0) is 25.2. The van der Waals surface area contributed by atoms with Crippen LogP contribution >= 0.6 is 0 Å². The van der Waals surface area contributed by atoms with E-state index in [4.69, 9.17) is 0 Å². The van der Waals surface area contributed by atoms with Gasteiger partial charge >= 0.3 is 0 Å². The van der Waals surface area contributed by atoms with Crippen molar-refractivity contribution in [2.45, 2.75) is 64.5 Å². The molecule has 0 aromatic heterocycles. The molecule has 3 aliphatic heterocycles. The van der Waals surface area contributed by atoms with E-state index in [9.17, 15) is 14.4 Å². The third-order valence-electron chi connectivity index (χ3n) is 8.09. The van der Waals surface area contributed by atoms with Crippen LogP contribution in [0, 0.1) is 11.8 Å². The van der Waals surface area contributed by atoms with E-state index in [1.165, 1.54) is 5.56 Å². The summed E-state index contributed by atoms with van der Waals surface area (Å²) in [5, 5.41) is 0. The summed E-state index contributed by atoms with van der Waals surface area (Å²) in [5.74, 6) is 0.634. The van der Waals surface area contributed by atoms with Gasteiger partial charge < -0.3 is 14.7 Å². The molecular formula is C30H37N3O3. The van der Waals surface area contributed by atoms with Crippen LogP contribution in [0.2, 0.25) is 0 Å². The molecule has 2 aromatic rings. The van der Waals surface area contributed by atoms with Crippen molar-refractivity contribution in [2.24, 2.45) is 11.8 Å². The van der Waals surface area contributed by atoms with Gasteiger partial charge in [0.25, 0.3) is 5.91 Å². The molecule has 0 aliphatic carbocycles. The predicted octanol–water partition coefficient (Wildman–Crippen LogP) is 4.53. The first-order valence-electron chi connectivity index (χ1n) is 13.5. The van der Waals surface area contributed by atoms with Crippen molar-refractivity contribution >= 4 is 23.4 Å². The molecular weight excluding hydrogens is 450 g/mol. The highest BCUT2D eigenvalue weighted by molar-refractivity contribution is 6.12.